The van der Waals surface area contributed by atoms with Gasteiger partial charge in [-0.25, -0.2) is 5.01 Å². The van der Waals surface area contributed by atoms with Gasteiger partial charge >= 0.3 is 0 Å². The van der Waals surface area contributed by atoms with E-state index in [-0.39, 0.29) is 6.10 Å². The highest BCUT2D eigenvalue weighted by Gasteiger charge is 2.09. The van der Waals surface area contributed by atoms with Crippen LogP contribution in [0.25, 0.3) is 0 Å². The van der Waals surface area contributed by atoms with Crippen LogP contribution < -0.4 is 10.2 Å². The molecule has 4 nitrogen and oxygen atoms in total. The van der Waals surface area contributed by atoms with E-state index in [1.165, 1.54) is 5.56 Å². The summed E-state index contributed by atoms with van der Waals surface area (Å²) in [7, 11) is 0. The molecule has 4 heteroatoms. The number of hydrazine groups is 1. The zero-order valence-electron chi connectivity index (χ0n) is 11.2. The van der Waals surface area contributed by atoms with Crippen LogP contribution in [0.5, 0.6) is 5.75 Å². The molecule has 0 amide bonds. The number of hydrogen-bond donors (Lipinski definition) is 1. The van der Waals surface area contributed by atoms with Crippen LogP contribution in [-0.4, -0.2) is 37.4 Å². The van der Waals surface area contributed by atoms with Crippen LogP contribution in [-0.2, 0) is 11.3 Å². The topological polar surface area (TPSA) is 33.7 Å². The SMILES string of the molecule is CC(C)Oc1cccc(CNN2CCOCC2)c1. The molecule has 0 radical (unpaired) electrons. The summed E-state index contributed by atoms with van der Waals surface area (Å²) in [5, 5.41) is 2.21. The molecule has 0 aliphatic carbocycles. The Morgan fingerprint density at radius 1 is 1.33 bits per heavy atom. The third-order valence-corrected chi connectivity index (χ3v) is 2.79. The molecule has 1 heterocycles. The predicted octanol–water partition coefficient (Wildman–Crippen LogP) is 1.81. The lowest BCUT2D eigenvalue weighted by atomic mass is 10.2. The molecular formula is C14H22N2O2. The maximum atomic E-state index is 5.69. The van der Waals surface area contributed by atoms with Crippen molar-refractivity contribution in [2.24, 2.45) is 0 Å². The highest BCUT2D eigenvalue weighted by Crippen LogP contribution is 2.14. The van der Waals surface area contributed by atoms with Crippen LogP contribution in [0.15, 0.2) is 24.3 Å². The Kier molecular flexibility index (Phi) is 4.99. The summed E-state index contributed by atoms with van der Waals surface area (Å²) < 4.78 is 11.0. The van der Waals surface area contributed by atoms with Crippen LogP contribution in [0.2, 0.25) is 0 Å². The second-order valence-corrected chi connectivity index (χ2v) is 4.75. The summed E-state index contributed by atoms with van der Waals surface area (Å²) >= 11 is 0. The number of nitrogens with one attached hydrogen (secondary N) is 1. The van der Waals surface area contributed by atoms with Crippen LogP contribution in [0.4, 0.5) is 0 Å². The number of morpholine rings is 1. The Balaban J connectivity index is 1.84. The molecule has 100 valence electrons. The molecule has 1 aliphatic heterocycles. The van der Waals surface area contributed by atoms with E-state index in [0.29, 0.717) is 0 Å². The van der Waals surface area contributed by atoms with Gasteiger partial charge in [-0.2, -0.15) is 0 Å². The predicted molar refractivity (Wildman–Crippen MR) is 71.4 cm³/mol. The van der Waals surface area contributed by atoms with Crippen LogP contribution >= 0.6 is 0 Å². The zero-order chi connectivity index (χ0) is 12.8. The second kappa shape index (κ2) is 6.73. The highest BCUT2D eigenvalue weighted by molar-refractivity contribution is 5.28. The van der Waals surface area contributed by atoms with Crippen molar-refractivity contribution in [3.05, 3.63) is 29.8 Å². The molecule has 0 unspecified atom stereocenters. The van der Waals surface area contributed by atoms with Gasteiger partial charge in [-0.15, -0.1) is 0 Å². The molecule has 0 atom stereocenters. The van der Waals surface area contributed by atoms with Crippen LogP contribution in [0.1, 0.15) is 19.4 Å². The lowest BCUT2D eigenvalue weighted by molar-refractivity contribution is 0.0105. The van der Waals surface area contributed by atoms with E-state index in [9.17, 15) is 0 Å². The minimum Gasteiger partial charge on any atom is -0.491 e. The third-order valence-electron chi connectivity index (χ3n) is 2.79. The standard InChI is InChI=1S/C14H22N2O2/c1-12(2)18-14-5-3-4-13(10-14)11-15-16-6-8-17-9-7-16/h3-5,10,12,15H,6-9,11H2,1-2H3. The second-order valence-electron chi connectivity index (χ2n) is 4.75. The molecule has 1 aliphatic rings. The lowest BCUT2D eigenvalue weighted by Crippen LogP contribution is -2.45. The zero-order valence-corrected chi connectivity index (χ0v) is 11.2. The molecule has 0 saturated carbocycles. The van der Waals surface area contributed by atoms with Gasteiger partial charge < -0.3 is 9.47 Å². The van der Waals surface area contributed by atoms with Crippen molar-refractivity contribution >= 4 is 0 Å². The van der Waals surface area contributed by atoms with Gasteiger partial charge in [0.05, 0.1) is 19.3 Å². The first-order valence-electron chi connectivity index (χ1n) is 6.56. The Morgan fingerprint density at radius 3 is 2.83 bits per heavy atom. The lowest BCUT2D eigenvalue weighted by Gasteiger charge is -2.27. The molecule has 1 aromatic rings. The van der Waals surface area contributed by atoms with E-state index >= 15 is 0 Å². The number of ether oxygens (including phenoxy) is 2. The average molecular weight is 250 g/mol. The molecule has 0 aromatic heterocycles. The maximum absolute atomic E-state index is 5.69. The van der Waals surface area contributed by atoms with Crippen molar-refractivity contribution in [3.8, 4) is 5.75 Å². The van der Waals surface area contributed by atoms with Crippen LogP contribution in [0.3, 0.4) is 0 Å². The van der Waals surface area contributed by atoms with Crippen LogP contribution in [0, 0.1) is 0 Å². The third kappa shape index (κ3) is 4.29. The van der Waals surface area contributed by atoms with Crippen molar-refractivity contribution in [2.45, 2.75) is 26.5 Å². The summed E-state index contributed by atoms with van der Waals surface area (Å²) in [6.45, 7) is 8.42. The normalized spacial score (nSPS) is 17.1. The van der Waals surface area contributed by atoms with Gasteiger partial charge in [0, 0.05) is 19.6 Å². The van der Waals surface area contributed by atoms with Gasteiger partial charge in [0.2, 0.25) is 0 Å². The first kappa shape index (κ1) is 13.3. The molecular weight excluding hydrogens is 228 g/mol. The van der Waals surface area contributed by atoms with Gasteiger partial charge in [0.25, 0.3) is 0 Å². The van der Waals surface area contributed by atoms with E-state index < -0.39 is 0 Å². The maximum Gasteiger partial charge on any atom is 0.120 e. The van der Waals surface area contributed by atoms with E-state index in [2.05, 4.69) is 22.6 Å². The number of benzene rings is 1. The minimum atomic E-state index is 0.215. The summed E-state index contributed by atoms with van der Waals surface area (Å²) in [4.78, 5) is 0. The Morgan fingerprint density at radius 2 is 2.11 bits per heavy atom. The van der Waals surface area contributed by atoms with Crippen molar-refractivity contribution < 1.29 is 9.47 Å². The van der Waals surface area contributed by atoms with E-state index in [4.69, 9.17) is 9.47 Å². The van der Waals surface area contributed by atoms with E-state index in [1.807, 2.05) is 26.0 Å². The van der Waals surface area contributed by atoms with Crippen molar-refractivity contribution in [2.75, 3.05) is 26.3 Å². The number of hydrogen-bond acceptors (Lipinski definition) is 4. The number of nitrogens with zero attached hydrogens (tertiary/aromatic N) is 1. The smallest absolute Gasteiger partial charge is 0.120 e. The van der Waals surface area contributed by atoms with Crippen molar-refractivity contribution in [1.29, 1.82) is 0 Å². The largest absolute Gasteiger partial charge is 0.491 e. The Hall–Kier alpha value is -1.10. The molecule has 2 rings (SSSR count). The molecule has 0 spiro atoms. The Bertz CT molecular complexity index is 363. The first-order valence-corrected chi connectivity index (χ1v) is 6.56. The number of rotatable bonds is 5. The highest BCUT2D eigenvalue weighted by atomic mass is 16.5. The van der Waals surface area contributed by atoms with Gasteiger partial charge in [0.15, 0.2) is 0 Å². The van der Waals surface area contributed by atoms with Crippen molar-refractivity contribution in [3.63, 3.8) is 0 Å². The first-order chi connectivity index (χ1) is 8.74. The molecule has 1 N–H and O–H groups in total. The quantitative estimate of drug-likeness (QED) is 0.864. The Labute approximate surface area is 109 Å². The summed E-state index contributed by atoms with van der Waals surface area (Å²) in [5.74, 6) is 0.936. The fourth-order valence-electron chi connectivity index (χ4n) is 1.93. The monoisotopic (exact) mass is 250 g/mol. The van der Waals surface area contributed by atoms with Crippen molar-refractivity contribution in [1.82, 2.24) is 10.4 Å². The molecule has 1 saturated heterocycles. The fraction of sp³-hybridized carbons (Fsp3) is 0.571. The van der Waals surface area contributed by atoms with Gasteiger partial charge in [-0.1, -0.05) is 12.1 Å². The fourth-order valence-corrected chi connectivity index (χ4v) is 1.93. The van der Waals surface area contributed by atoms with Gasteiger partial charge in [-0.3, -0.25) is 5.43 Å². The summed E-state index contributed by atoms with van der Waals surface area (Å²) in [5.41, 5.74) is 4.65. The van der Waals surface area contributed by atoms with Gasteiger partial charge in [0.1, 0.15) is 5.75 Å². The minimum absolute atomic E-state index is 0.215. The molecule has 1 aromatic carbocycles. The van der Waals surface area contributed by atoms with Gasteiger partial charge in [-0.05, 0) is 31.5 Å². The van der Waals surface area contributed by atoms with E-state index in [0.717, 1.165) is 38.6 Å². The molecule has 0 bridgehead atoms. The molecule has 18 heavy (non-hydrogen) atoms. The average Bonchev–Trinajstić information content (AvgIpc) is 2.37. The summed E-state index contributed by atoms with van der Waals surface area (Å²) in [6, 6.07) is 8.24. The van der Waals surface area contributed by atoms with E-state index in [1.54, 1.807) is 0 Å². The summed E-state index contributed by atoms with van der Waals surface area (Å²) in [6.07, 6.45) is 0.215. The molecule has 1 fully saturated rings.